The first-order chi connectivity index (χ1) is 5.88. The van der Waals surface area contributed by atoms with Gasteiger partial charge in [-0.05, 0) is 24.7 Å². The Morgan fingerprint density at radius 3 is 2.58 bits per heavy atom. The van der Waals surface area contributed by atoms with Gasteiger partial charge < -0.3 is 0 Å². The topological polar surface area (TPSA) is 0 Å². The SMILES string of the molecule is C=CCCC(CBr)C1CCCC1. The predicted octanol–water partition coefficient (Wildman–Crippen LogP) is 4.15. The summed E-state index contributed by atoms with van der Waals surface area (Å²) in [6.45, 7) is 3.78. The first-order valence-electron chi connectivity index (χ1n) is 5.05. The smallest absolute Gasteiger partial charge is 0.00624 e. The van der Waals surface area contributed by atoms with Gasteiger partial charge in [0.25, 0.3) is 0 Å². The van der Waals surface area contributed by atoms with Crippen LogP contribution in [0.5, 0.6) is 0 Å². The highest BCUT2D eigenvalue weighted by atomic mass is 79.9. The van der Waals surface area contributed by atoms with Crippen molar-refractivity contribution >= 4 is 15.9 Å². The van der Waals surface area contributed by atoms with E-state index in [0.29, 0.717) is 0 Å². The molecule has 70 valence electrons. The van der Waals surface area contributed by atoms with Gasteiger partial charge in [0.15, 0.2) is 0 Å². The maximum absolute atomic E-state index is 3.78. The molecule has 1 aliphatic carbocycles. The summed E-state index contributed by atoms with van der Waals surface area (Å²) in [5.74, 6) is 1.91. The average molecular weight is 231 g/mol. The third-order valence-corrected chi connectivity index (χ3v) is 3.84. The van der Waals surface area contributed by atoms with Gasteiger partial charge in [0.05, 0.1) is 0 Å². The standard InChI is InChI=1S/C11H19Br/c1-2-3-6-11(9-12)10-7-4-5-8-10/h2,10-11H,1,3-9H2. The van der Waals surface area contributed by atoms with E-state index >= 15 is 0 Å². The third kappa shape index (κ3) is 2.93. The lowest BCUT2D eigenvalue weighted by Crippen LogP contribution is -2.12. The van der Waals surface area contributed by atoms with E-state index in [-0.39, 0.29) is 0 Å². The molecule has 0 radical (unpaired) electrons. The van der Waals surface area contributed by atoms with Crippen molar-refractivity contribution in [3.8, 4) is 0 Å². The van der Waals surface area contributed by atoms with E-state index < -0.39 is 0 Å². The number of alkyl halides is 1. The Morgan fingerprint density at radius 2 is 2.08 bits per heavy atom. The molecule has 1 heteroatoms. The molecule has 1 atom stereocenters. The molecule has 1 saturated carbocycles. The Kier molecular flexibility index (Phi) is 4.98. The van der Waals surface area contributed by atoms with Gasteiger partial charge in [-0.1, -0.05) is 47.7 Å². The van der Waals surface area contributed by atoms with Crippen LogP contribution < -0.4 is 0 Å². The first-order valence-corrected chi connectivity index (χ1v) is 6.17. The summed E-state index contributed by atoms with van der Waals surface area (Å²) in [5.41, 5.74) is 0. The number of hydrogen-bond acceptors (Lipinski definition) is 0. The highest BCUT2D eigenvalue weighted by molar-refractivity contribution is 9.09. The van der Waals surface area contributed by atoms with Crippen molar-refractivity contribution in [1.82, 2.24) is 0 Å². The molecule has 0 amide bonds. The van der Waals surface area contributed by atoms with E-state index in [1.165, 1.54) is 43.9 Å². The van der Waals surface area contributed by atoms with Crippen molar-refractivity contribution in [2.24, 2.45) is 11.8 Å². The van der Waals surface area contributed by atoms with E-state index in [1.807, 2.05) is 6.08 Å². The van der Waals surface area contributed by atoms with E-state index in [4.69, 9.17) is 0 Å². The van der Waals surface area contributed by atoms with Crippen LogP contribution in [0.25, 0.3) is 0 Å². The largest absolute Gasteiger partial charge is 0.103 e. The first kappa shape index (κ1) is 10.3. The Labute approximate surface area is 84.6 Å². The molecule has 1 aliphatic rings. The van der Waals surface area contributed by atoms with Crippen LogP contribution in [0.2, 0.25) is 0 Å². The molecule has 0 bridgehead atoms. The Hall–Kier alpha value is 0.220. The van der Waals surface area contributed by atoms with Gasteiger partial charge >= 0.3 is 0 Å². The minimum absolute atomic E-state index is 0.908. The van der Waals surface area contributed by atoms with E-state index in [0.717, 1.165) is 11.8 Å². The fourth-order valence-electron chi connectivity index (χ4n) is 2.20. The van der Waals surface area contributed by atoms with Gasteiger partial charge in [-0.3, -0.25) is 0 Å². The quantitative estimate of drug-likeness (QED) is 0.492. The van der Waals surface area contributed by atoms with Crippen LogP contribution in [-0.2, 0) is 0 Å². The summed E-state index contributed by atoms with van der Waals surface area (Å²) in [7, 11) is 0. The third-order valence-electron chi connectivity index (χ3n) is 3.01. The van der Waals surface area contributed by atoms with Gasteiger partial charge in [-0.25, -0.2) is 0 Å². The molecule has 0 aromatic carbocycles. The Balaban J connectivity index is 2.27. The highest BCUT2D eigenvalue weighted by Crippen LogP contribution is 2.34. The number of hydrogen-bond donors (Lipinski definition) is 0. The minimum atomic E-state index is 0.908. The second-order valence-corrected chi connectivity index (χ2v) is 4.47. The van der Waals surface area contributed by atoms with E-state index in [9.17, 15) is 0 Å². The Bertz CT molecular complexity index is 125. The average Bonchev–Trinajstić information content (AvgIpc) is 2.59. The van der Waals surface area contributed by atoms with Crippen LogP contribution in [0, 0.1) is 11.8 Å². The molecule has 0 aromatic rings. The fraction of sp³-hybridized carbons (Fsp3) is 0.818. The maximum atomic E-state index is 3.78. The minimum Gasteiger partial charge on any atom is -0.103 e. The number of halogens is 1. The summed E-state index contributed by atoms with van der Waals surface area (Å²) < 4.78 is 0. The summed E-state index contributed by atoms with van der Waals surface area (Å²) in [5, 5.41) is 1.19. The van der Waals surface area contributed by atoms with Crippen molar-refractivity contribution in [1.29, 1.82) is 0 Å². The van der Waals surface area contributed by atoms with Crippen LogP contribution in [0.1, 0.15) is 38.5 Å². The van der Waals surface area contributed by atoms with Crippen LogP contribution in [-0.4, -0.2) is 5.33 Å². The molecule has 1 unspecified atom stereocenters. The molecular weight excluding hydrogens is 212 g/mol. The monoisotopic (exact) mass is 230 g/mol. The second kappa shape index (κ2) is 5.80. The molecule has 0 spiro atoms. The van der Waals surface area contributed by atoms with E-state index in [2.05, 4.69) is 22.5 Å². The highest BCUT2D eigenvalue weighted by Gasteiger charge is 2.23. The summed E-state index contributed by atoms with van der Waals surface area (Å²) in [6.07, 6.45) is 10.4. The van der Waals surface area contributed by atoms with Gasteiger partial charge in [0, 0.05) is 5.33 Å². The van der Waals surface area contributed by atoms with Gasteiger partial charge in [0.2, 0.25) is 0 Å². The van der Waals surface area contributed by atoms with Gasteiger partial charge in [-0.15, -0.1) is 6.58 Å². The van der Waals surface area contributed by atoms with Crippen molar-refractivity contribution in [2.75, 3.05) is 5.33 Å². The summed E-state index contributed by atoms with van der Waals surface area (Å²) in [6, 6.07) is 0. The van der Waals surface area contributed by atoms with Crippen molar-refractivity contribution in [2.45, 2.75) is 38.5 Å². The Morgan fingerprint density at radius 1 is 1.42 bits per heavy atom. The molecule has 0 nitrogen and oxygen atoms in total. The van der Waals surface area contributed by atoms with Gasteiger partial charge in [0.1, 0.15) is 0 Å². The van der Waals surface area contributed by atoms with E-state index in [1.54, 1.807) is 0 Å². The van der Waals surface area contributed by atoms with Crippen LogP contribution in [0.3, 0.4) is 0 Å². The lowest BCUT2D eigenvalue weighted by Gasteiger charge is -2.20. The lowest BCUT2D eigenvalue weighted by atomic mass is 9.89. The second-order valence-electron chi connectivity index (χ2n) is 3.82. The molecule has 1 fully saturated rings. The molecule has 0 aromatic heterocycles. The summed E-state index contributed by atoms with van der Waals surface area (Å²) >= 11 is 3.62. The van der Waals surface area contributed by atoms with Crippen LogP contribution in [0.15, 0.2) is 12.7 Å². The zero-order valence-corrected chi connectivity index (χ0v) is 9.35. The van der Waals surface area contributed by atoms with Crippen molar-refractivity contribution in [3.05, 3.63) is 12.7 Å². The molecule has 0 heterocycles. The molecule has 1 rings (SSSR count). The lowest BCUT2D eigenvalue weighted by molar-refractivity contribution is 0.356. The normalized spacial score (nSPS) is 21.1. The molecule has 0 saturated heterocycles. The van der Waals surface area contributed by atoms with Crippen LogP contribution >= 0.6 is 15.9 Å². The van der Waals surface area contributed by atoms with Gasteiger partial charge in [-0.2, -0.15) is 0 Å². The fourth-order valence-corrected chi connectivity index (χ4v) is 3.05. The number of rotatable bonds is 5. The molecule has 0 N–H and O–H groups in total. The zero-order valence-electron chi connectivity index (χ0n) is 7.77. The molecule has 0 aliphatic heterocycles. The van der Waals surface area contributed by atoms with Crippen molar-refractivity contribution < 1.29 is 0 Å². The predicted molar refractivity (Wildman–Crippen MR) is 58.7 cm³/mol. The molecular formula is C11H19Br. The number of allylic oxidation sites excluding steroid dienone is 1. The molecule has 12 heavy (non-hydrogen) atoms. The maximum Gasteiger partial charge on any atom is 0.00624 e. The van der Waals surface area contributed by atoms with Crippen molar-refractivity contribution in [3.63, 3.8) is 0 Å². The zero-order chi connectivity index (χ0) is 8.81. The van der Waals surface area contributed by atoms with Crippen LogP contribution in [0.4, 0.5) is 0 Å². The summed E-state index contributed by atoms with van der Waals surface area (Å²) in [4.78, 5) is 0.